The number of hydrogen-bond acceptors (Lipinski definition) is 6. The minimum Gasteiger partial charge on any atom is -0.493 e. The minimum atomic E-state index is 0.114. The quantitative estimate of drug-likeness (QED) is 0.466. The van der Waals surface area contributed by atoms with Crippen molar-refractivity contribution in [2.45, 2.75) is 25.8 Å². The van der Waals surface area contributed by atoms with E-state index in [1.807, 2.05) is 23.0 Å². The van der Waals surface area contributed by atoms with E-state index in [9.17, 15) is 0 Å². The Morgan fingerprint density at radius 3 is 2.85 bits per heavy atom. The van der Waals surface area contributed by atoms with Crippen molar-refractivity contribution in [1.82, 2.24) is 19.9 Å². The second-order valence-corrected chi connectivity index (χ2v) is 9.57. The summed E-state index contributed by atoms with van der Waals surface area (Å²) in [6, 6.07) is 17.1. The maximum Gasteiger partial charge on any atom is 0.139 e. The summed E-state index contributed by atoms with van der Waals surface area (Å²) in [7, 11) is 0. The maximum absolute atomic E-state index is 6.02. The van der Waals surface area contributed by atoms with Crippen LogP contribution in [0.25, 0.3) is 27.8 Å². The maximum atomic E-state index is 6.02. The molecule has 2 fully saturated rings. The fourth-order valence-corrected chi connectivity index (χ4v) is 4.63. The fraction of sp³-hybridized carbons (Fsp3) is 0.385. The van der Waals surface area contributed by atoms with E-state index in [0.29, 0.717) is 12.6 Å². The number of aromatic nitrogens is 3. The Morgan fingerprint density at radius 2 is 2.03 bits per heavy atom. The molecule has 2 N–H and O–H groups in total. The summed E-state index contributed by atoms with van der Waals surface area (Å²) in [5.74, 6) is 1.69. The van der Waals surface area contributed by atoms with Gasteiger partial charge in [0.2, 0.25) is 0 Å². The van der Waals surface area contributed by atoms with Crippen LogP contribution in [0.4, 0.5) is 5.69 Å². The highest BCUT2D eigenvalue weighted by Crippen LogP contribution is 2.30. The summed E-state index contributed by atoms with van der Waals surface area (Å²) in [5.41, 5.74) is 4.10. The van der Waals surface area contributed by atoms with E-state index in [1.165, 1.54) is 0 Å². The molecule has 7 nitrogen and oxygen atoms in total. The summed E-state index contributed by atoms with van der Waals surface area (Å²) in [6.07, 6.45) is 4.09. The molecule has 2 aromatic carbocycles. The molecule has 0 saturated carbocycles. The van der Waals surface area contributed by atoms with Crippen LogP contribution in [0.3, 0.4) is 0 Å². The highest BCUT2D eigenvalue weighted by Gasteiger charge is 2.34. The first-order valence-electron chi connectivity index (χ1n) is 11.7. The smallest absolute Gasteiger partial charge is 0.139 e. The van der Waals surface area contributed by atoms with Crippen LogP contribution >= 0.6 is 0 Å². The Labute approximate surface area is 193 Å². The summed E-state index contributed by atoms with van der Waals surface area (Å²) < 4.78 is 13.4. The zero-order valence-corrected chi connectivity index (χ0v) is 18.9. The van der Waals surface area contributed by atoms with Crippen LogP contribution in [0.15, 0.2) is 54.9 Å². The first-order chi connectivity index (χ1) is 16.2. The van der Waals surface area contributed by atoms with Gasteiger partial charge in [0.15, 0.2) is 0 Å². The molecule has 2 saturated heterocycles. The largest absolute Gasteiger partial charge is 0.493 e. The second kappa shape index (κ2) is 8.32. The van der Waals surface area contributed by atoms with E-state index in [4.69, 9.17) is 14.5 Å². The number of nitrogens with one attached hydrogen (secondary N) is 2. The van der Waals surface area contributed by atoms with Crippen LogP contribution < -0.4 is 15.4 Å². The molecule has 0 atom stereocenters. The lowest BCUT2D eigenvalue weighted by Gasteiger charge is -2.37. The van der Waals surface area contributed by atoms with E-state index >= 15 is 0 Å². The Hall–Kier alpha value is -3.16. The van der Waals surface area contributed by atoms with Crippen molar-refractivity contribution in [2.24, 2.45) is 5.41 Å². The number of benzene rings is 2. The normalized spacial score (nSPS) is 18.3. The van der Waals surface area contributed by atoms with E-state index < -0.39 is 0 Å². The average Bonchev–Trinajstić information content (AvgIpc) is 3.25. The Morgan fingerprint density at radius 1 is 1.15 bits per heavy atom. The molecule has 2 aromatic heterocycles. The third kappa shape index (κ3) is 4.03. The van der Waals surface area contributed by atoms with Gasteiger partial charge in [-0.05, 0) is 56.3 Å². The van der Waals surface area contributed by atoms with E-state index in [2.05, 4.69) is 58.9 Å². The number of pyridine rings is 1. The lowest BCUT2D eigenvalue weighted by Crippen LogP contribution is -2.44. The van der Waals surface area contributed by atoms with Crippen molar-refractivity contribution >= 4 is 27.6 Å². The van der Waals surface area contributed by atoms with Gasteiger partial charge in [0.1, 0.15) is 17.9 Å². The number of rotatable bonds is 6. The first kappa shape index (κ1) is 20.4. The van der Waals surface area contributed by atoms with Crippen molar-refractivity contribution in [3.8, 4) is 11.6 Å². The number of fused-ring (bicyclic) bond motifs is 2. The van der Waals surface area contributed by atoms with Crippen molar-refractivity contribution in [3.63, 3.8) is 0 Å². The summed E-state index contributed by atoms with van der Waals surface area (Å²) in [4.78, 5) is 9.67. The van der Waals surface area contributed by atoms with E-state index in [1.54, 1.807) is 0 Å². The lowest BCUT2D eigenvalue weighted by atomic mass is 9.90. The summed E-state index contributed by atoms with van der Waals surface area (Å²) in [5, 5.41) is 8.28. The van der Waals surface area contributed by atoms with Gasteiger partial charge in [-0.3, -0.25) is 4.57 Å². The third-order valence-electron chi connectivity index (χ3n) is 6.66. The van der Waals surface area contributed by atoms with Gasteiger partial charge in [-0.15, -0.1) is 0 Å². The van der Waals surface area contributed by atoms with E-state index in [-0.39, 0.29) is 5.41 Å². The lowest BCUT2D eigenvalue weighted by molar-refractivity contribution is -0.120. The minimum absolute atomic E-state index is 0.114. The SMILES string of the molecule is CC1(COc2ccc3c(c2)ncn3-c2ccc3cccc(NC4CCNCC4)c3n2)COC1. The molecule has 4 aromatic rings. The molecule has 2 aliphatic rings. The monoisotopic (exact) mass is 443 g/mol. The van der Waals surface area contributed by atoms with Crippen LogP contribution in [-0.2, 0) is 4.74 Å². The van der Waals surface area contributed by atoms with Gasteiger partial charge in [-0.1, -0.05) is 19.1 Å². The zero-order valence-electron chi connectivity index (χ0n) is 18.9. The van der Waals surface area contributed by atoms with Gasteiger partial charge in [0.05, 0.1) is 42.1 Å². The first-order valence-corrected chi connectivity index (χ1v) is 11.7. The van der Waals surface area contributed by atoms with Crippen LogP contribution in [0.5, 0.6) is 5.75 Å². The fourth-order valence-electron chi connectivity index (χ4n) is 4.63. The molecule has 0 amide bonds. The number of ether oxygens (including phenoxy) is 2. The Bertz CT molecular complexity index is 1290. The van der Waals surface area contributed by atoms with Crippen molar-refractivity contribution in [2.75, 3.05) is 38.2 Å². The molecular formula is C26H29N5O2. The number of imidazole rings is 1. The highest BCUT2D eigenvalue weighted by molar-refractivity contribution is 5.91. The van der Waals surface area contributed by atoms with Gasteiger partial charge < -0.3 is 20.1 Å². The molecule has 33 heavy (non-hydrogen) atoms. The van der Waals surface area contributed by atoms with Crippen LogP contribution in [0.2, 0.25) is 0 Å². The Kier molecular flexibility index (Phi) is 5.15. The molecule has 0 radical (unpaired) electrons. The zero-order chi connectivity index (χ0) is 22.3. The van der Waals surface area contributed by atoms with Gasteiger partial charge >= 0.3 is 0 Å². The Balaban J connectivity index is 1.29. The molecule has 0 unspecified atom stereocenters. The van der Waals surface area contributed by atoms with E-state index in [0.717, 1.165) is 78.3 Å². The van der Waals surface area contributed by atoms with Gasteiger partial charge in [0, 0.05) is 22.9 Å². The number of nitrogens with zero attached hydrogens (tertiary/aromatic N) is 3. The second-order valence-electron chi connectivity index (χ2n) is 9.57. The number of anilines is 1. The number of para-hydroxylation sites is 1. The van der Waals surface area contributed by atoms with Gasteiger partial charge in [-0.2, -0.15) is 0 Å². The molecule has 7 heteroatoms. The van der Waals surface area contributed by atoms with Gasteiger partial charge in [-0.25, -0.2) is 9.97 Å². The molecule has 0 bridgehead atoms. The summed E-state index contributed by atoms with van der Waals surface area (Å²) in [6.45, 7) is 6.46. The molecular weight excluding hydrogens is 414 g/mol. The molecule has 2 aliphatic heterocycles. The molecule has 0 aliphatic carbocycles. The molecule has 6 rings (SSSR count). The molecule has 170 valence electrons. The average molecular weight is 444 g/mol. The molecule has 0 spiro atoms. The number of hydrogen-bond donors (Lipinski definition) is 2. The van der Waals surface area contributed by atoms with Crippen molar-refractivity contribution < 1.29 is 9.47 Å². The van der Waals surface area contributed by atoms with Crippen molar-refractivity contribution in [1.29, 1.82) is 0 Å². The molecule has 4 heterocycles. The number of piperidine rings is 1. The van der Waals surface area contributed by atoms with Crippen LogP contribution in [0, 0.1) is 5.41 Å². The summed E-state index contributed by atoms with van der Waals surface area (Å²) >= 11 is 0. The highest BCUT2D eigenvalue weighted by atomic mass is 16.5. The third-order valence-corrected chi connectivity index (χ3v) is 6.66. The predicted molar refractivity (Wildman–Crippen MR) is 130 cm³/mol. The van der Waals surface area contributed by atoms with Crippen LogP contribution in [-0.4, -0.2) is 53.5 Å². The van der Waals surface area contributed by atoms with Crippen molar-refractivity contribution in [3.05, 3.63) is 54.9 Å². The van der Waals surface area contributed by atoms with Gasteiger partial charge in [0.25, 0.3) is 0 Å². The topological polar surface area (TPSA) is 73.2 Å². The standard InChI is InChI=1S/C26H29N5O2/c1-26(14-32-15-26)16-33-20-6-7-23-22(13-20)28-17-31(23)24-8-5-18-3-2-4-21(25(18)30-24)29-19-9-11-27-12-10-19/h2-8,13,17,19,27,29H,9-12,14-16H2,1H3. The predicted octanol–water partition coefficient (Wildman–Crippen LogP) is 4.15. The van der Waals surface area contributed by atoms with Crippen LogP contribution in [0.1, 0.15) is 19.8 Å².